The molecule has 0 aliphatic heterocycles. The van der Waals surface area contributed by atoms with Crippen molar-refractivity contribution in [3.63, 3.8) is 0 Å². The first-order valence-corrected chi connectivity index (χ1v) is 8.60. The third kappa shape index (κ3) is 3.94. The van der Waals surface area contributed by atoms with E-state index in [1.54, 1.807) is 0 Å². The highest BCUT2D eigenvalue weighted by Crippen LogP contribution is 2.46. The molecule has 0 radical (unpaired) electrons. The van der Waals surface area contributed by atoms with Gasteiger partial charge < -0.3 is 5.73 Å². The van der Waals surface area contributed by atoms with Gasteiger partial charge in [0.25, 0.3) is 0 Å². The van der Waals surface area contributed by atoms with Crippen molar-refractivity contribution < 1.29 is 0 Å². The minimum atomic E-state index is 0.317. The lowest BCUT2D eigenvalue weighted by molar-refractivity contribution is 0.181. The molecule has 1 unspecified atom stereocenters. The first kappa shape index (κ1) is 15.3. The van der Waals surface area contributed by atoms with Crippen molar-refractivity contribution in [2.24, 2.45) is 17.1 Å². The van der Waals surface area contributed by atoms with Crippen molar-refractivity contribution in [2.75, 3.05) is 0 Å². The summed E-state index contributed by atoms with van der Waals surface area (Å²) in [6.07, 6.45) is 7.72. The van der Waals surface area contributed by atoms with Gasteiger partial charge in [0.15, 0.2) is 0 Å². The number of benzene rings is 1. The number of hydrogen-bond donors (Lipinski definition) is 1. The van der Waals surface area contributed by atoms with E-state index in [-0.39, 0.29) is 0 Å². The highest BCUT2D eigenvalue weighted by Gasteiger charge is 2.39. The quantitative estimate of drug-likeness (QED) is 0.742. The van der Waals surface area contributed by atoms with Crippen LogP contribution in [0.1, 0.15) is 51.5 Å². The number of nitrogens with two attached hydrogens (primary N) is 1. The summed E-state index contributed by atoms with van der Waals surface area (Å²) in [6, 6.07) is 9.16. The lowest BCUT2D eigenvalue weighted by atomic mass is 9.71. The summed E-state index contributed by atoms with van der Waals surface area (Å²) < 4.78 is 1.30. The highest BCUT2D eigenvalue weighted by molar-refractivity contribution is 14.1. The Morgan fingerprint density at radius 3 is 2.26 bits per heavy atom. The maximum atomic E-state index is 6.63. The van der Waals surface area contributed by atoms with E-state index >= 15 is 0 Å². The van der Waals surface area contributed by atoms with E-state index in [1.165, 1.54) is 41.2 Å². The number of rotatable bonds is 5. The van der Waals surface area contributed by atoms with Gasteiger partial charge in [-0.15, -0.1) is 0 Å². The van der Waals surface area contributed by atoms with Crippen molar-refractivity contribution in [2.45, 2.75) is 58.4 Å². The summed E-state index contributed by atoms with van der Waals surface area (Å²) in [7, 11) is 0. The van der Waals surface area contributed by atoms with Gasteiger partial charge in [0.2, 0.25) is 0 Å². The van der Waals surface area contributed by atoms with Crippen LogP contribution >= 0.6 is 22.6 Å². The van der Waals surface area contributed by atoms with Crippen LogP contribution in [0.25, 0.3) is 0 Å². The molecule has 0 heterocycles. The molecule has 1 fully saturated rings. The summed E-state index contributed by atoms with van der Waals surface area (Å²) in [5, 5.41) is 0. The average molecular weight is 371 g/mol. The molecule has 0 amide bonds. The van der Waals surface area contributed by atoms with E-state index in [9.17, 15) is 0 Å². The number of halogens is 1. The fourth-order valence-corrected chi connectivity index (χ4v) is 4.07. The van der Waals surface area contributed by atoms with Crippen molar-refractivity contribution >= 4 is 22.6 Å². The molecule has 1 nitrogen and oxygen atoms in total. The standard InChI is InChI=1S/C17H26IN/c1-13(2)12-17(9-3-4-10-17)16(19)11-14-5-7-15(18)8-6-14/h5-8,13,16H,3-4,9-12,19H2,1-2H3. The molecule has 2 heteroatoms. The van der Waals surface area contributed by atoms with E-state index in [1.807, 2.05) is 0 Å². The van der Waals surface area contributed by atoms with Crippen LogP contribution in [0.4, 0.5) is 0 Å². The van der Waals surface area contributed by atoms with Gasteiger partial charge in [-0.3, -0.25) is 0 Å². The maximum Gasteiger partial charge on any atom is 0.0136 e. The van der Waals surface area contributed by atoms with Crippen LogP contribution in [-0.2, 0) is 6.42 Å². The van der Waals surface area contributed by atoms with Gasteiger partial charge in [0, 0.05) is 9.61 Å². The van der Waals surface area contributed by atoms with Crippen LogP contribution in [0.15, 0.2) is 24.3 Å². The van der Waals surface area contributed by atoms with E-state index in [0.29, 0.717) is 11.5 Å². The topological polar surface area (TPSA) is 26.0 Å². The minimum absolute atomic E-state index is 0.317. The molecule has 2 rings (SSSR count). The van der Waals surface area contributed by atoms with E-state index in [0.717, 1.165) is 12.3 Å². The average Bonchev–Trinajstić information content (AvgIpc) is 2.81. The van der Waals surface area contributed by atoms with E-state index in [2.05, 4.69) is 60.7 Å². The molecule has 1 aliphatic rings. The van der Waals surface area contributed by atoms with Gasteiger partial charge in [-0.05, 0) is 77.3 Å². The van der Waals surface area contributed by atoms with Gasteiger partial charge >= 0.3 is 0 Å². The summed E-state index contributed by atoms with van der Waals surface area (Å²) in [6.45, 7) is 4.66. The number of hydrogen-bond acceptors (Lipinski definition) is 1. The van der Waals surface area contributed by atoms with Gasteiger partial charge in [-0.1, -0.05) is 38.8 Å². The summed E-state index contributed by atoms with van der Waals surface area (Å²) in [4.78, 5) is 0. The Hall–Kier alpha value is -0.0900. The zero-order valence-electron chi connectivity index (χ0n) is 12.2. The van der Waals surface area contributed by atoms with Gasteiger partial charge in [-0.2, -0.15) is 0 Å². The third-order valence-electron chi connectivity index (χ3n) is 4.57. The van der Waals surface area contributed by atoms with E-state index in [4.69, 9.17) is 5.73 Å². The molecular weight excluding hydrogens is 345 g/mol. The molecule has 1 aliphatic carbocycles. The van der Waals surface area contributed by atoms with Crippen molar-refractivity contribution in [1.82, 2.24) is 0 Å². The zero-order chi connectivity index (χ0) is 13.9. The zero-order valence-corrected chi connectivity index (χ0v) is 14.3. The summed E-state index contributed by atoms with van der Waals surface area (Å²) in [5.74, 6) is 0.751. The minimum Gasteiger partial charge on any atom is -0.327 e. The fraction of sp³-hybridized carbons (Fsp3) is 0.647. The second-order valence-electron chi connectivity index (χ2n) is 6.60. The maximum absolute atomic E-state index is 6.63. The molecule has 0 bridgehead atoms. The van der Waals surface area contributed by atoms with Crippen LogP contribution in [0, 0.1) is 14.9 Å². The lowest BCUT2D eigenvalue weighted by Gasteiger charge is -2.37. The van der Waals surface area contributed by atoms with Crippen LogP contribution in [0.5, 0.6) is 0 Å². The molecule has 1 aromatic carbocycles. The van der Waals surface area contributed by atoms with Crippen LogP contribution in [-0.4, -0.2) is 6.04 Å². The summed E-state index contributed by atoms with van der Waals surface area (Å²) >= 11 is 2.36. The molecule has 1 aromatic rings. The predicted molar refractivity (Wildman–Crippen MR) is 91.2 cm³/mol. The smallest absolute Gasteiger partial charge is 0.0136 e. The van der Waals surface area contributed by atoms with Gasteiger partial charge in [0.05, 0.1) is 0 Å². The Morgan fingerprint density at radius 2 is 1.74 bits per heavy atom. The summed E-state index contributed by atoms with van der Waals surface area (Å²) in [5.41, 5.74) is 8.42. The normalized spacial score (nSPS) is 19.8. The molecule has 0 spiro atoms. The van der Waals surface area contributed by atoms with Crippen LogP contribution < -0.4 is 5.73 Å². The first-order chi connectivity index (χ1) is 9.02. The Kier molecular flexibility index (Phi) is 5.29. The molecular formula is C17H26IN. The third-order valence-corrected chi connectivity index (χ3v) is 5.29. The second kappa shape index (κ2) is 6.57. The Balaban J connectivity index is 2.07. The molecule has 106 valence electrons. The van der Waals surface area contributed by atoms with E-state index < -0.39 is 0 Å². The molecule has 1 atom stereocenters. The Labute approximate surface area is 131 Å². The van der Waals surface area contributed by atoms with Crippen molar-refractivity contribution in [3.05, 3.63) is 33.4 Å². The predicted octanol–water partition coefficient (Wildman–Crippen LogP) is 4.77. The Bertz CT molecular complexity index is 390. The molecule has 19 heavy (non-hydrogen) atoms. The van der Waals surface area contributed by atoms with Crippen molar-refractivity contribution in [1.29, 1.82) is 0 Å². The van der Waals surface area contributed by atoms with Gasteiger partial charge in [-0.25, -0.2) is 0 Å². The van der Waals surface area contributed by atoms with Crippen LogP contribution in [0.3, 0.4) is 0 Å². The monoisotopic (exact) mass is 371 g/mol. The highest BCUT2D eigenvalue weighted by atomic mass is 127. The molecule has 2 N–H and O–H groups in total. The lowest BCUT2D eigenvalue weighted by Crippen LogP contribution is -2.42. The van der Waals surface area contributed by atoms with Gasteiger partial charge in [0.1, 0.15) is 0 Å². The first-order valence-electron chi connectivity index (χ1n) is 7.52. The molecule has 1 saturated carbocycles. The molecule has 0 saturated heterocycles. The SMILES string of the molecule is CC(C)CC1(C(N)Cc2ccc(I)cc2)CCCC1. The fourth-order valence-electron chi connectivity index (χ4n) is 3.71. The molecule has 0 aromatic heterocycles. The Morgan fingerprint density at radius 1 is 1.16 bits per heavy atom. The largest absolute Gasteiger partial charge is 0.327 e. The van der Waals surface area contributed by atoms with Crippen molar-refractivity contribution in [3.8, 4) is 0 Å². The second-order valence-corrected chi connectivity index (χ2v) is 7.85. The van der Waals surface area contributed by atoms with Crippen LogP contribution in [0.2, 0.25) is 0 Å².